The van der Waals surface area contributed by atoms with Gasteiger partial charge in [0.1, 0.15) is 0 Å². The number of carboxylic acids is 1. The minimum Gasteiger partial charge on any atom is -0.475 e. The van der Waals surface area contributed by atoms with E-state index in [4.69, 9.17) is 9.90 Å². The number of aryl methyl sites for hydroxylation is 3. The van der Waals surface area contributed by atoms with Crippen LogP contribution in [0.15, 0.2) is 29.3 Å². The average Bonchev–Trinajstić information content (AvgIpc) is 3.15. The summed E-state index contributed by atoms with van der Waals surface area (Å²) in [5, 5.41) is 21.0. The minimum absolute atomic E-state index is 0.184. The lowest BCUT2D eigenvalue weighted by molar-refractivity contribution is -0.192. The number of hydrogen-bond donors (Lipinski definition) is 3. The van der Waals surface area contributed by atoms with Crippen molar-refractivity contribution in [1.82, 2.24) is 29.8 Å². The number of halogens is 3. The molecular formula is C20H23F3N6O4. The fourth-order valence-electron chi connectivity index (χ4n) is 2.98. The van der Waals surface area contributed by atoms with Crippen molar-refractivity contribution < 1.29 is 27.9 Å². The molecule has 2 heterocycles. The zero-order chi connectivity index (χ0) is 24.9. The number of benzene rings is 1. The number of fused-ring (bicyclic) bond motifs is 1. The first kappa shape index (κ1) is 25.5. The Morgan fingerprint density at radius 1 is 1.09 bits per heavy atom. The molecule has 0 bridgehead atoms. The number of carbonyl (C=O) groups is 2. The number of alkyl halides is 3. The summed E-state index contributed by atoms with van der Waals surface area (Å²) in [7, 11) is 3.55. The Kier molecular flexibility index (Phi) is 7.93. The van der Waals surface area contributed by atoms with Gasteiger partial charge >= 0.3 is 12.1 Å². The Morgan fingerprint density at radius 2 is 1.67 bits per heavy atom. The van der Waals surface area contributed by atoms with E-state index in [1.54, 1.807) is 23.8 Å². The Bertz CT molecular complexity index is 1210. The molecule has 0 radical (unpaired) electrons. The average molecular weight is 468 g/mol. The molecule has 0 atom stereocenters. The van der Waals surface area contributed by atoms with Crippen molar-refractivity contribution in [3.63, 3.8) is 0 Å². The van der Waals surface area contributed by atoms with Gasteiger partial charge in [0.05, 0.1) is 6.54 Å². The van der Waals surface area contributed by atoms with E-state index in [0.29, 0.717) is 11.4 Å². The Hall–Kier alpha value is -3.74. The van der Waals surface area contributed by atoms with Crippen molar-refractivity contribution in [2.75, 3.05) is 7.05 Å². The molecule has 0 saturated heterocycles. The molecule has 0 fully saturated rings. The zero-order valence-electron chi connectivity index (χ0n) is 18.3. The highest BCUT2D eigenvalue weighted by molar-refractivity contribution is 5.94. The summed E-state index contributed by atoms with van der Waals surface area (Å²) in [6, 6.07) is 3.76. The van der Waals surface area contributed by atoms with Crippen LogP contribution in [0.25, 0.3) is 5.65 Å². The van der Waals surface area contributed by atoms with Crippen LogP contribution in [0.2, 0.25) is 0 Å². The van der Waals surface area contributed by atoms with Crippen LogP contribution >= 0.6 is 0 Å². The minimum atomic E-state index is -5.08. The van der Waals surface area contributed by atoms with Crippen LogP contribution in [0.5, 0.6) is 0 Å². The maximum Gasteiger partial charge on any atom is 0.490 e. The van der Waals surface area contributed by atoms with Gasteiger partial charge in [-0.25, -0.2) is 4.79 Å². The van der Waals surface area contributed by atoms with Crippen LogP contribution < -0.4 is 16.2 Å². The van der Waals surface area contributed by atoms with Crippen LogP contribution in [0, 0.1) is 13.8 Å². The van der Waals surface area contributed by atoms with Gasteiger partial charge in [-0.3, -0.25) is 14.0 Å². The fraction of sp³-hybridized carbons (Fsp3) is 0.350. The molecule has 1 amide bonds. The predicted octanol–water partition coefficient (Wildman–Crippen LogP) is 1.33. The fourth-order valence-corrected chi connectivity index (χ4v) is 2.98. The number of carboxylic acid groups (broad SMARTS) is 1. The van der Waals surface area contributed by atoms with Crippen molar-refractivity contribution in [2.24, 2.45) is 7.05 Å². The van der Waals surface area contributed by atoms with Crippen molar-refractivity contribution in [1.29, 1.82) is 0 Å². The van der Waals surface area contributed by atoms with Crippen molar-refractivity contribution in [3.8, 4) is 0 Å². The highest BCUT2D eigenvalue weighted by Crippen LogP contribution is 2.17. The third kappa shape index (κ3) is 6.16. The number of rotatable bonds is 5. The van der Waals surface area contributed by atoms with Gasteiger partial charge in [0, 0.05) is 31.5 Å². The number of nitrogens with one attached hydrogen (secondary N) is 2. The van der Waals surface area contributed by atoms with Crippen molar-refractivity contribution >= 4 is 17.5 Å². The summed E-state index contributed by atoms with van der Waals surface area (Å²) in [6.45, 7) is 4.94. The van der Waals surface area contributed by atoms with Crippen LogP contribution in [0.4, 0.5) is 13.2 Å². The molecule has 1 aromatic carbocycles. The van der Waals surface area contributed by atoms with Crippen LogP contribution in [0.1, 0.15) is 32.9 Å². The third-order valence-electron chi connectivity index (χ3n) is 4.68. The summed E-state index contributed by atoms with van der Waals surface area (Å²) in [5.74, 6) is -2.44. The van der Waals surface area contributed by atoms with E-state index in [1.807, 2.05) is 33.0 Å². The summed E-state index contributed by atoms with van der Waals surface area (Å²) in [4.78, 5) is 33.4. The van der Waals surface area contributed by atoms with Gasteiger partial charge in [0.15, 0.2) is 5.82 Å². The second-order valence-electron chi connectivity index (χ2n) is 7.13. The summed E-state index contributed by atoms with van der Waals surface area (Å²) < 4.78 is 34.8. The number of aliphatic carboxylic acids is 1. The van der Waals surface area contributed by atoms with Gasteiger partial charge in [-0.2, -0.15) is 13.2 Å². The summed E-state index contributed by atoms with van der Waals surface area (Å²) >= 11 is 0. The van der Waals surface area contributed by atoms with Gasteiger partial charge in [-0.15, -0.1) is 10.2 Å². The highest BCUT2D eigenvalue weighted by atomic mass is 19.4. The lowest BCUT2D eigenvalue weighted by Crippen LogP contribution is -2.25. The molecular weight excluding hydrogens is 445 g/mol. The van der Waals surface area contributed by atoms with E-state index in [0.717, 1.165) is 17.7 Å². The molecule has 0 aliphatic heterocycles. The molecule has 0 aliphatic rings. The van der Waals surface area contributed by atoms with Gasteiger partial charge in [0.25, 0.3) is 11.5 Å². The molecule has 33 heavy (non-hydrogen) atoms. The van der Waals surface area contributed by atoms with Crippen LogP contribution in [-0.4, -0.2) is 49.4 Å². The van der Waals surface area contributed by atoms with Crippen molar-refractivity contribution in [2.45, 2.75) is 33.1 Å². The van der Waals surface area contributed by atoms with E-state index >= 15 is 0 Å². The molecule has 3 aromatic rings. The first-order chi connectivity index (χ1) is 15.4. The van der Waals surface area contributed by atoms with Gasteiger partial charge < -0.3 is 20.3 Å². The molecule has 0 saturated carbocycles. The monoisotopic (exact) mass is 468 g/mol. The first-order valence-corrected chi connectivity index (χ1v) is 9.59. The number of carbonyl (C=O) groups excluding carboxylic acids is 1. The van der Waals surface area contributed by atoms with Crippen LogP contribution in [0.3, 0.4) is 0 Å². The quantitative estimate of drug-likeness (QED) is 0.515. The molecule has 0 aliphatic carbocycles. The number of hydrogen-bond acceptors (Lipinski definition) is 6. The standard InChI is InChI=1S/C18H22N6O2.C2HF3O2/c1-11-7-13(8-12(2)14(11)9-19-3)17(25)20-10-15-21-22-16-18(26)23(4)5-6-24(15)16;3-2(4,5)1(6)7/h5-8,19H,9-10H2,1-4H3,(H,20,25);(H,6,7). The summed E-state index contributed by atoms with van der Waals surface area (Å²) in [6.07, 6.45) is -1.74. The van der Waals surface area contributed by atoms with Crippen molar-refractivity contribution in [3.05, 3.63) is 63.0 Å². The largest absolute Gasteiger partial charge is 0.490 e. The summed E-state index contributed by atoms with van der Waals surface area (Å²) in [5.41, 5.74) is 3.95. The normalized spacial score (nSPS) is 11.1. The lowest BCUT2D eigenvalue weighted by Gasteiger charge is -2.12. The molecule has 3 N–H and O–H groups in total. The second kappa shape index (κ2) is 10.3. The lowest BCUT2D eigenvalue weighted by atomic mass is 9.99. The zero-order valence-corrected chi connectivity index (χ0v) is 18.3. The molecule has 0 spiro atoms. The topological polar surface area (TPSA) is 131 Å². The van der Waals surface area contributed by atoms with E-state index < -0.39 is 12.1 Å². The Labute approximate surface area is 186 Å². The van der Waals surface area contributed by atoms with Gasteiger partial charge in [-0.05, 0) is 49.7 Å². The Morgan fingerprint density at radius 3 is 2.18 bits per heavy atom. The smallest absolute Gasteiger partial charge is 0.475 e. The van der Waals surface area contributed by atoms with Crippen LogP contribution in [-0.2, 0) is 24.9 Å². The first-order valence-electron chi connectivity index (χ1n) is 9.59. The maximum absolute atomic E-state index is 12.5. The predicted molar refractivity (Wildman–Crippen MR) is 112 cm³/mol. The Balaban J connectivity index is 0.000000479. The molecule has 2 aromatic heterocycles. The number of nitrogens with zero attached hydrogens (tertiary/aromatic N) is 4. The SMILES string of the molecule is CNCc1c(C)cc(C(=O)NCc2nnc3c(=O)n(C)ccn23)cc1C.O=C(O)C(F)(F)F. The molecule has 3 rings (SSSR count). The van der Waals surface area contributed by atoms with E-state index in [1.165, 1.54) is 10.1 Å². The van der Waals surface area contributed by atoms with E-state index in [-0.39, 0.29) is 23.7 Å². The molecule has 13 heteroatoms. The second-order valence-corrected chi connectivity index (χ2v) is 7.13. The third-order valence-corrected chi connectivity index (χ3v) is 4.68. The highest BCUT2D eigenvalue weighted by Gasteiger charge is 2.38. The molecule has 0 unspecified atom stereocenters. The van der Waals surface area contributed by atoms with E-state index in [9.17, 15) is 22.8 Å². The number of amides is 1. The molecule has 10 nitrogen and oxygen atoms in total. The van der Waals surface area contributed by atoms with E-state index in [2.05, 4.69) is 20.8 Å². The maximum atomic E-state index is 12.5. The molecule has 178 valence electrons. The van der Waals surface area contributed by atoms with Gasteiger partial charge in [0.2, 0.25) is 5.65 Å². The number of aromatic nitrogens is 4. The van der Waals surface area contributed by atoms with Gasteiger partial charge in [-0.1, -0.05) is 0 Å².